The zero-order valence-corrected chi connectivity index (χ0v) is 21.8. The molecule has 0 amide bonds. The first-order chi connectivity index (χ1) is 17.2. The monoisotopic (exact) mass is 573 g/mol. The van der Waals surface area contributed by atoms with Gasteiger partial charge in [-0.25, -0.2) is 45.6 Å². The Kier molecular flexibility index (Phi) is 6.99. The van der Waals surface area contributed by atoms with Gasteiger partial charge in [-0.1, -0.05) is 29.5 Å². The van der Waals surface area contributed by atoms with E-state index in [-0.39, 0.29) is 22.1 Å². The van der Waals surface area contributed by atoms with Gasteiger partial charge in [-0.3, -0.25) is 0 Å². The summed E-state index contributed by atoms with van der Waals surface area (Å²) in [5.74, 6) is -3.68. The Bertz CT molecular complexity index is 1670. The van der Waals surface area contributed by atoms with Gasteiger partial charge < -0.3 is 10.6 Å². The molecule has 37 heavy (non-hydrogen) atoms. The lowest BCUT2D eigenvalue weighted by Crippen LogP contribution is -2.43. The van der Waals surface area contributed by atoms with Crippen molar-refractivity contribution in [3.8, 4) is 22.5 Å². The second-order valence-corrected chi connectivity index (χ2v) is 12.5. The number of nitrogens with one attached hydrogen (secondary N) is 2. The number of nitrogen functional groups attached to an aromatic ring is 1. The Labute approximate surface area is 214 Å². The van der Waals surface area contributed by atoms with Crippen molar-refractivity contribution in [3.05, 3.63) is 30.3 Å². The van der Waals surface area contributed by atoms with Crippen molar-refractivity contribution in [2.45, 2.75) is 15.7 Å². The average molecular weight is 574 g/mol. The van der Waals surface area contributed by atoms with Gasteiger partial charge in [0.25, 0.3) is 5.92 Å². The predicted molar refractivity (Wildman–Crippen MR) is 133 cm³/mol. The molecule has 0 saturated heterocycles. The number of anilines is 1. The summed E-state index contributed by atoms with van der Waals surface area (Å²) in [6.45, 7) is -2.03. The number of sulfonamides is 2. The Morgan fingerprint density at radius 3 is 2.49 bits per heavy atom. The van der Waals surface area contributed by atoms with Crippen LogP contribution in [0.4, 0.5) is 13.9 Å². The standard InChI is InChI=1S/C19H21F2N9O4S3/c1-30(2)9-19(20,21)8-24-37(33,34)13-7-6-10(11-4-3-5-12-15(11)25-18(22)35-12)14(16(13)36(23,31)32)17-26-28-29-27-17/h3-7,24H,8-9H2,1-2H3,(H2,22,25)(H2,23,31,32)(H,26,27,28,29). The summed E-state index contributed by atoms with van der Waals surface area (Å²) in [6.07, 6.45) is 0. The fraction of sp³-hybridized carbons (Fsp3) is 0.263. The van der Waals surface area contributed by atoms with Crippen molar-refractivity contribution < 1.29 is 25.6 Å². The molecule has 0 fully saturated rings. The number of rotatable bonds is 9. The summed E-state index contributed by atoms with van der Waals surface area (Å²) >= 11 is 1.19. The maximum Gasteiger partial charge on any atom is 0.273 e. The number of nitrogens with two attached hydrogens (primary N) is 2. The highest BCUT2D eigenvalue weighted by Gasteiger charge is 2.36. The molecule has 0 bridgehead atoms. The predicted octanol–water partition coefficient (Wildman–Crippen LogP) is 0.848. The van der Waals surface area contributed by atoms with Crippen LogP contribution in [-0.2, 0) is 20.0 Å². The number of thiazole rings is 1. The molecule has 6 N–H and O–H groups in total. The third-order valence-corrected chi connectivity index (χ3v) is 8.49. The molecule has 2 aromatic carbocycles. The number of hydrogen-bond donors (Lipinski definition) is 4. The average Bonchev–Trinajstić information content (AvgIpc) is 3.44. The van der Waals surface area contributed by atoms with E-state index in [9.17, 15) is 25.6 Å². The van der Waals surface area contributed by atoms with Crippen LogP contribution in [0.3, 0.4) is 0 Å². The van der Waals surface area contributed by atoms with Crippen molar-refractivity contribution in [2.24, 2.45) is 5.14 Å². The van der Waals surface area contributed by atoms with Crippen molar-refractivity contribution in [1.82, 2.24) is 35.2 Å². The molecule has 0 spiro atoms. The second-order valence-electron chi connectivity index (χ2n) is 8.23. The van der Waals surface area contributed by atoms with Crippen LogP contribution in [0.1, 0.15) is 0 Å². The van der Waals surface area contributed by atoms with Gasteiger partial charge in [-0.05, 0) is 42.2 Å². The number of primary sulfonamides is 1. The van der Waals surface area contributed by atoms with Gasteiger partial charge in [0.05, 0.1) is 28.9 Å². The Balaban J connectivity index is 1.97. The lowest BCUT2D eigenvalue weighted by atomic mass is 9.98. The molecule has 198 valence electrons. The van der Waals surface area contributed by atoms with Crippen LogP contribution in [0.15, 0.2) is 40.1 Å². The first kappa shape index (κ1) is 26.9. The molecular formula is C19H21F2N9O4S3. The molecule has 18 heteroatoms. The van der Waals surface area contributed by atoms with Crippen LogP contribution in [0.25, 0.3) is 32.7 Å². The molecule has 2 aromatic heterocycles. The van der Waals surface area contributed by atoms with Crippen LogP contribution in [0, 0.1) is 0 Å². The number of hydrogen-bond acceptors (Lipinski definition) is 11. The molecule has 0 atom stereocenters. The largest absolute Gasteiger partial charge is 0.375 e. The van der Waals surface area contributed by atoms with Gasteiger partial charge >= 0.3 is 0 Å². The fourth-order valence-corrected chi connectivity index (χ4v) is 7.19. The van der Waals surface area contributed by atoms with E-state index in [2.05, 4.69) is 25.6 Å². The molecule has 4 rings (SSSR count). The van der Waals surface area contributed by atoms with Crippen molar-refractivity contribution >= 4 is 46.7 Å². The van der Waals surface area contributed by atoms with Crippen LogP contribution in [0.5, 0.6) is 0 Å². The first-order valence-corrected chi connectivity index (χ1v) is 14.2. The molecule has 4 aromatic rings. The van der Waals surface area contributed by atoms with Crippen molar-refractivity contribution in [2.75, 3.05) is 32.9 Å². The molecule has 13 nitrogen and oxygen atoms in total. The minimum atomic E-state index is -4.82. The highest BCUT2D eigenvalue weighted by atomic mass is 32.2. The molecule has 0 aliphatic rings. The lowest BCUT2D eigenvalue weighted by Gasteiger charge is -2.22. The second kappa shape index (κ2) is 9.62. The SMILES string of the molecule is CN(C)CC(F)(F)CNS(=O)(=O)c1ccc(-c2cccc3sc(N)nc23)c(-c2nnn[nH]2)c1S(N)(=O)=O. The normalized spacial score (nSPS) is 13.0. The topological polar surface area (TPSA) is 203 Å². The van der Waals surface area contributed by atoms with E-state index in [0.29, 0.717) is 15.8 Å². The molecule has 0 radical (unpaired) electrons. The smallest absolute Gasteiger partial charge is 0.273 e. The molecular weight excluding hydrogens is 552 g/mol. The van der Waals surface area contributed by atoms with Gasteiger partial charge in [0.15, 0.2) is 11.0 Å². The summed E-state index contributed by atoms with van der Waals surface area (Å²) in [7, 11) is -6.82. The number of nitrogens with zero attached hydrogens (tertiary/aromatic N) is 5. The number of halogens is 2. The zero-order chi connectivity index (χ0) is 27.2. The maximum absolute atomic E-state index is 14.2. The number of alkyl halides is 2. The number of benzene rings is 2. The summed E-state index contributed by atoms with van der Waals surface area (Å²) in [5, 5.41) is 18.8. The quantitative estimate of drug-likeness (QED) is 0.222. The summed E-state index contributed by atoms with van der Waals surface area (Å²) < 4.78 is 82.9. The van der Waals surface area contributed by atoms with E-state index >= 15 is 0 Å². The van der Waals surface area contributed by atoms with Crippen LogP contribution in [0.2, 0.25) is 0 Å². The molecule has 0 aliphatic heterocycles. The molecule has 0 unspecified atom stereocenters. The maximum atomic E-state index is 14.2. The third kappa shape index (κ3) is 5.58. The van der Waals surface area contributed by atoms with Gasteiger partial charge in [0.2, 0.25) is 20.0 Å². The summed E-state index contributed by atoms with van der Waals surface area (Å²) in [6, 6.07) is 7.30. The summed E-state index contributed by atoms with van der Waals surface area (Å²) in [4.78, 5) is 3.74. The first-order valence-electron chi connectivity index (χ1n) is 10.3. The summed E-state index contributed by atoms with van der Waals surface area (Å²) in [5.41, 5.74) is 6.53. The van der Waals surface area contributed by atoms with E-state index in [0.717, 1.165) is 6.07 Å². The highest BCUT2D eigenvalue weighted by molar-refractivity contribution is 7.92. The number of para-hydroxylation sites is 1. The van der Waals surface area contributed by atoms with Crippen LogP contribution in [-0.4, -0.2) is 80.5 Å². The molecule has 0 saturated carbocycles. The molecule has 0 aliphatic carbocycles. The Morgan fingerprint density at radius 1 is 1.14 bits per heavy atom. The molecule has 2 heterocycles. The number of fused-ring (bicyclic) bond motifs is 1. The Morgan fingerprint density at radius 2 is 1.86 bits per heavy atom. The number of aromatic amines is 1. The number of H-pyrrole nitrogens is 1. The van der Waals surface area contributed by atoms with Gasteiger partial charge in [0, 0.05) is 5.56 Å². The van der Waals surface area contributed by atoms with Gasteiger partial charge in [-0.2, -0.15) is 0 Å². The van der Waals surface area contributed by atoms with Crippen LogP contribution >= 0.6 is 11.3 Å². The van der Waals surface area contributed by atoms with E-state index in [4.69, 9.17) is 10.9 Å². The fourth-order valence-electron chi connectivity index (χ4n) is 3.76. The zero-order valence-electron chi connectivity index (χ0n) is 19.3. The third-order valence-electron chi connectivity index (χ3n) is 5.07. The van der Waals surface area contributed by atoms with E-state index in [1.165, 1.54) is 36.4 Å². The number of tetrazole rings is 1. The minimum absolute atomic E-state index is 0.162. The van der Waals surface area contributed by atoms with Gasteiger partial charge in [-0.15, -0.1) is 5.10 Å². The van der Waals surface area contributed by atoms with E-state index < -0.39 is 48.8 Å². The van der Waals surface area contributed by atoms with E-state index in [1.807, 2.05) is 0 Å². The minimum Gasteiger partial charge on any atom is -0.375 e. The number of aromatic nitrogens is 5. The van der Waals surface area contributed by atoms with Crippen molar-refractivity contribution in [3.63, 3.8) is 0 Å². The van der Waals surface area contributed by atoms with Gasteiger partial charge in [0.1, 0.15) is 9.79 Å². The van der Waals surface area contributed by atoms with Crippen LogP contribution < -0.4 is 15.6 Å². The highest BCUT2D eigenvalue weighted by Crippen LogP contribution is 2.41. The lowest BCUT2D eigenvalue weighted by molar-refractivity contribution is -0.0153. The van der Waals surface area contributed by atoms with Crippen molar-refractivity contribution in [1.29, 1.82) is 0 Å². The van der Waals surface area contributed by atoms with E-state index in [1.54, 1.807) is 22.9 Å². The Hall–Kier alpha value is -3.16.